The van der Waals surface area contributed by atoms with Crippen LogP contribution in [0.15, 0.2) is 34.9 Å². The van der Waals surface area contributed by atoms with Crippen molar-refractivity contribution in [2.24, 2.45) is 0 Å². The molecule has 0 bridgehead atoms. The number of carbonyl (C=O) groups is 1. The van der Waals surface area contributed by atoms with E-state index in [2.05, 4.69) is 9.97 Å². The first-order chi connectivity index (χ1) is 15.4. The van der Waals surface area contributed by atoms with Gasteiger partial charge in [-0.1, -0.05) is 12.1 Å². The lowest BCUT2D eigenvalue weighted by molar-refractivity contribution is 0.0671. The minimum Gasteiger partial charge on any atom is -0.497 e. The van der Waals surface area contributed by atoms with E-state index in [1.807, 2.05) is 54.4 Å². The van der Waals surface area contributed by atoms with Crippen molar-refractivity contribution in [3.8, 4) is 16.9 Å². The zero-order valence-electron chi connectivity index (χ0n) is 19.3. The number of methoxy groups -OCH3 is 1. The summed E-state index contributed by atoms with van der Waals surface area (Å²) in [5, 5.41) is 0. The lowest BCUT2D eigenvalue weighted by Crippen LogP contribution is -2.39. The largest absolute Gasteiger partial charge is 0.497 e. The smallest absolute Gasteiger partial charge is 0.291 e. The van der Waals surface area contributed by atoms with Crippen LogP contribution in [0.25, 0.3) is 11.1 Å². The summed E-state index contributed by atoms with van der Waals surface area (Å²) in [7, 11) is 5.51. The molecule has 1 fully saturated rings. The second-order valence-corrected chi connectivity index (χ2v) is 8.33. The number of piperidine rings is 1. The first-order valence-corrected chi connectivity index (χ1v) is 10.8. The molecule has 0 spiro atoms. The summed E-state index contributed by atoms with van der Waals surface area (Å²) in [5.41, 5.74) is 3.53. The maximum absolute atomic E-state index is 13.2. The predicted octanol–water partition coefficient (Wildman–Crippen LogP) is 3.84. The Bertz CT molecular complexity index is 1120. The lowest BCUT2D eigenvalue weighted by atomic mass is 9.89. The first kappa shape index (κ1) is 21.8. The molecular formula is C24H29N5O3. The summed E-state index contributed by atoms with van der Waals surface area (Å²) >= 11 is 0. The summed E-state index contributed by atoms with van der Waals surface area (Å²) in [6.45, 7) is 4.82. The number of rotatable bonds is 5. The van der Waals surface area contributed by atoms with Crippen LogP contribution in [0, 0.1) is 13.8 Å². The van der Waals surface area contributed by atoms with Crippen LogP contribution in [-0.2, 0) is 0 Å². The third kappa shape index (κ3) is 4.30. The number of aryl methyl sites for hydroxylation is 2. The summed E-state index contributed by atoms with van der Waals surface area (Å²) in [5.74, 6) is 2.23. The van der Waals surface area contributed by atoms with Crippen molar-refractivity contribution in [1.82, 2.24) is 19.9 Å². The van der Waals surface area contributed by atoms with Gasteiger partial charge in [-0.2, -0.15) is 0 Å². The summed E-state index contributed by atoms with van der Waals surface area (Å²) in [6, 6.07) is 7.90. The van der Waals surface area contributed by atoms with Crippen LogP contribution in [0.2, 0.25) is 0 Å². The zero-order valence-corrected chi connectivity index (χ0v) is 19.3. The quantitative estimate of drug-likeness (QED) is 0.602. The van der Waals surface area contributed by atoms with E-state index in [-0.39, 0.29) is 11.8 Å². The summed E-state index contributed by atoms with van der Waals surface area (Å²) < 4.78 is 11.0. The topological polar surface area (TPSA) is 84.6 Å². The molecule has 4 rings (SSSR count). The van der Waals surface area contributed by atoms with Gasteiger partial charge in [-0.05, 0) is 37.5 Å². The van der Waals surface area contributed by atoms with Gasteiger partial charge in [0.2, 0.25) is 11.7 Å². The van der Waals surface area contributed by atoms with Gasteiger partial charge in [0.05, 0.1) is 18.5 Å². The number of ether oxygens (including phenoxy) is 1. The molecule has 1 aromatic carbocycles. The number of carbonyl (C=O) groups excluding carboxylic acids is 1. The van der Waals surface area contributed by atoms with Crippen molar-refractivity contribution in [2.75, 3.05) is 39.2 Å². The van der Waals surface area contributed by atoms with Gasteiger partial charge in [-0.15, -0.1) is 0 Å². The molecule has 0 saturated carbocycles. The third-order valence-corrected chi connectivity index (χ3v) is 5.78. The number of oxazole rings is 1. The molecule has 0 N–H and O–H groups in total. The molecule has 8 nitrogen and oxygen atoms in total. The molecule has 0 aliphatic carbocycles. The van der Waals surface area contributed by atoms with Crippen LogP contribution < -0.4 is 9.64 Å². The van der Waals surface area contributed by atoms with Gasteiger partial charge in [0.15, 0.2) is 5.89 Å². The average molecular weight is 436 g/mol. The van der Waals surface area contributed by atoms with Crippen molar-refractivity contribution in [3.63, 3.8) is 0 Å². The van der Waals surface area contributed by atoms with E-state index < -0.39 is 0 Å². The Morgan fingerprint density at radius 1 is 1.25 bits per heavy atom. The Labute approximate surface area is 188 Å². The molecule has 1 aliphatic rings. The van der Waals surface area contributed by atoms with Crippen LogP contribution in [0.1, 0.15) is 46.6 Å². The molecule has 1 amide bonds. The van der Waals surface area contributed by atoms with Crippen LogP contribution in [-0.4, -0.2) is 60.1 Å². The number of amides is 1. The SMILES string of the molecule is COc1cccc(-c2cnc(N(C)C)nc2[C@@H]2CCCN(C(=O)c3oc(C)nc3C)C2)c1. The molecular weight excluding hydrogens is 406 g/mol. The van der Waals surface area contributed by atoms with Crippen LogP contribution in [0.5, 0.6) is 5.75 Å². The van der Waals surface area contributed by atoms with E-state index in [0.717, 1.165) is 35.4 Å². The molecule has 3 heterocycles. The van der Waals surface area contributed by atoms with Gasteiger partial charge in [-0.25, -0.2) is 15.0 Å². The predicted molar refractivity (Wildman–Crippen MR) is 122 cm³/mol. The molecule has 1 saturated heterocycles. The van der Waals surface area contributed by atoms with Gasteiger partial charge in [0.25, 0.3) is 5.91 Å². The number of hydrogen-bond acceptors (Lipinski definition) is 7. The Balaban J connectivity index is 1.70. The number of anilines is 1. The standard InChI is InChI=1S/C24H29N5O3/c1-15-22(32-16(2)26-15)23(30)29-11-7-9-18(14-29)21-20(13-25-24(27-21)28(3)4)17-8-6-10-19(12-17)31-5/h6,8,10,12-13,18H,7,9,11,14H2,1-5H3/t18-/m1/s1. The van der Waals surface area contributed by atoms with E-state index in [0.29, 0.717) is 36.4 Å². The van der Waals surface area contributed by atoms with Gasteiger partial charge in [-0.3, -0.25) is 4.79 Å². The van der Waals surface area contributed by atoms with Crippen molar-refractivity contribution in [1.29, 1.82) is 0 Å². The van der Waals surface area contributed by atoms with Crippen LogP contribution in [0.4, 0.5) is 5.95 Å². The highest BCUT2D eigenvalue weighted by molar-refractivity contribution is 5.92. The highest BCUT2D eigenvalue weighted by Crippen LogP contribution is 2.35. The zero-order chi connectivity index (χ0) is 22.8. The maximum atomic E-state index is 13.2. The monoisotopic (exact) mass is 435 g/mol. The van der Waals surface area contributed by atoms with Gasteiger partial charge >= 0.3 is 0 Å². The molecule has 2 aromatic heterocycles. The second-order valence-electron chi connectivity index (χ2n) is 8.33. The number of likely N-dealkylation sites (tertiary alicyclic amines) is 1. The minimum absolute atomic E-state index is 0.0833. The summed E-state index contributed by atoms with van der Waals surface area (Å²) in [6.07, 6.45) is 3.71. The van der Waals surface area contributed by atoms with Crippen molar-refractivity contribution < 1.29 is 13.9 Å². The number of aromatic nitrogens is 3. The molecule has 0 unspecified atom stereocenters. The Hall–Kier alpha value is -3.42. The van der Waals surface area contributed by atoms with E-state index in [1.165, 1.54) is 0 Å². The van der Waals surface area contributed by atoms with E-state index in [4.69, 9.17) is 14.1 Å². The molecule has 168 valence electrons. The molecule has 1 atom stereocenters. The molecule has 0 radical (unpaired) electrons. The minimum atomic E-state index is -0.113. The Morgan fingerprint density at radius 2 is 2.06 bits per heavy atom. The van der Waals surface area contributed by atoms with Gasteiger partial charge in [0.1, 0.15) is 5.75 Å². The Kier molecular flexibility index (Phi) is 6.12. The Morgan fingerprint density at radius 3 is 2.75 bits per heavy atom. The van der Waals surface area contributed by atoms with Crippen molar-refractivity contribution in [3.05, 3.63) is 53.5 Å². The number of benzene rings is 1. The van der Waals surface area contributed by atoms with Gasteiger partial charge < -0.3 is 19.0 Å². The molecule has 8 heteroatoms. The van der Waals surface area contributed by atoms with Crippen LogP contribution in [0.3, 0.4) is 0 Å². The normalized spacial score (nSPS) is 16.2. The molecule has 32 heavy (non-hydrogen) atoms. The highest BCUT2D eigenvalue weighted by Gasteiger charge is 2.31. The van der Waals surface area contributed by atoms with Gasteiger partial charge in [0, 0.05) is 51.8 Å². The second kappa shape index (κ2) is 8.98. The lowest BCUT2D eigenvalue weighted by Gasteiger charge is -2.33. The van der Waals surface area contributed by atoms with Crippen molar-refractivity contribution in [2.45, 2.75) is 32.6 Å². The fraction of sp³-hybridized carbons (Fsp3) is 0.417. The number of hydrogen-bond donors (Lipinski definition) is 0. The molecule has 1 aliphatic heterocycles. The van der Waals surface area contributed by atoms with E-state index in [1.54, 1.807) is 21.0 Å². The van der Waals surface area contributed by atoms with E-state index >= 15 is 0 Å². The highest BCUT2D eigenvalue weighted by atomic mass is 16.5. The third-order valence-electron chi connectivity index (χ3n) is 5.78. The first-order valence-electron chi connectivity index (χ1n) is 10.8. The molecule has 3 aromatic rings. The van der Waals surface area contributed by atoms with Crippen molar-refractivity contribution >= 4 is 11.9 Å². The average Bonchev–Trinajstić information content (AvgIpc) is 3.16. The maximum Gasteiger partial charge on any atom is 0.291 e. The fourth-order valence-corrected chi connectivity index (χ4v) is 4.18. The number of nitrogens with zero attached hydrogens (tertiary/aromatic N) is 5. The fourth-order valence-electron chi connectivity index (χ4n) is 4.18. The van der Waals surface area contributed by atoms with E-state index in [9.17, 15) is 4.79 Å². The summed E-state index contributed by atoms with van der Waals surface area (Å²) in [4.78, 5) is 30.6. The van der Waals surface area contributed by atoms with Crippen LogP contribution >= 0.6 is 0 Å².